The second-order valence-corrected chi connectivity index (χ2v) is 4.58. The number of aromatic nitrogens is 2. The van der Waals surface area contributed by atoms with E-state index in [2.05, 4.69) is 15.3 Å². The minimum atomic E-state index is -0.788. The lowest BCUT2D eigenvalue weighted by Gasteiger charge is -2.18. The molecule has 1 aromatic heterocycles. The van der Waals surface area contributed by atoms with Crippen LogP contribution in [-0.4, -0.2) is 34.6 Å². The van der Waals surface area contributed by atoms with Crippen molar-refractivity contribution < 1.29 is 9.90 Å². The minimum Gasteiger partial charge on any atom is -0.481 e. The first-order valence-electron chi connectivity index (χ1n) is 6.73. The summed E-state index contributed by atoms with van der Waals surface area (Å²) in [4.78, 5) is 20.8. The molecule has 2 N–H and O–H groups in total. The number of para-hydroxylation sites is 1. The number of carboxylic acid groups (broad SMARTS) is 1. The molecule has 21 heavy (non-hydrogen) atoms. The molecule has 0 fully saturated rings. The Labute approximate surface area is 123 Å². The Balaban J connectivity index is 1.99. The van der Waals surface area contributed by atoms with E-state index in [0.29, 0.717) is 18.8 Å². The first-order chi connectivity index (χ1) is 10.2. The molecule has 0 aliphatic carbocycles. The molecule has 110 valence electrons. The first-order valence-corrected chi connectivity index (χ1v) is 6.73. The molecule has 2 rings (SSSR count). The number of benzene rings is 1. The number of hydrogen-bond acceptors (Lipinski definition) is 5. The maximum atomic E-state index is 10.5. The van der Waals surface area contributed by atoms with Crippen molar-refractivity contribution in [3.05, 3.63) is 42.7 Å². The Kier molecular flexibility index (Phi) is 5.09. The van der Waals surface area contributed by atoms with Crippen molar-refractivity contribution in [3.63, 3.8) is 0 Å². The normalized spacial score (nSPS) is 10.1. The Hall–Kier alpha value is -2.63. The number of nitrogens with one attached hydrogen (secondary N) is 1. The largest absolute Gasteiger partial charge is 0.481 e. The van der Waals surface area contributed by atoms with E-state index in [1.807, 2.05) is 48.3 Å². The number of anilines is 3. The zero-order chi connectivity index (χ0) is 15.1. The highest BCUT2D eigenvalue weighted by molar-refractivity contribution is 5.66. The van der Waals surface area contributed by atoms with Crippen molar-refractivity contribution in [2.24, 2.45) is 0 Å². The molecule has 0 amide bonds. The second kappa shape index (κ2) is 7.23. The molecule has 0 aliphatic heterocycles. The fourth-order valence-electron chi connectivity index (χ4n) is 1.87. The fraction of sp³-hybridized carbons (Fsp3) is 0.267. The number of aliphatic carboxylic acids is 1. The highest BCUT2D eigenvalue weighted by atomic mass is 16.4. The Bertz CT molecular complexity index is 589. The van der Waals surface area contributed by atoms with Crippen LogP contribution in [0.4, 0.5) is 17.3 Å². The van der Waals surface area contributed by atoms with Gasteiger partial charge in [-0.2, -0.15) is 0 Å². The predicted molar refractivity (Wildman–Crippen MR) is 81.9 cm³/mol. The van der Waals surface area contributed by atoms with Gasteiger partial charge in [0.2, 0.25) is 0 Å². The Morgan fingerprint density at radius 3 is 2.76 bits per heavy atom. The molecule has 1 aromatic carbocycles. The van der Waals surface area contributed by atoms with Gasteiger partial charge in [-0.3, -0.25) is 4.79 Å². The average molecular weight is 286 g/mol. The summed E-state index contributed by atoms with van der Waals surface area (Å²) in [6.07, 6.45) is 2.20. The summed E-state index contributed by atoms with van der Waals surface area (Å²) in [5.41, 5.74) is 1.04. The summed E-state index contributed by atoms with van der Waals surface area (Å²) < 4.78 is 0. The zero-order valence-electron chi connectivity index (χ0n) is 11.9. The SMILES string of the molecule is CN(c1ccccc1)c1cc(NCCCC(=O)O)ncn1. The molecule has 1 heterocycles. The summed E-state index contributed by atoms with van der Waals surface area (Å²) in [6, 6.07) is 11.8. The Morgan fingerprint density at radius 2 is 2.05 bits per heavy atom. The van der Waals surface area contributed by atoms with E-state index in [0.717, 1.165) is 11.5 Å². The summed E-state index contributed by atoms with van der Waals surface area (Å²) >= 11 is 0. The van der Waals surface area contributed by atoms with E-state index in [-0.39, 0.29) is 6.42 Å². The quantitative estimate of drug-likeness (QED) is 0.761. The van der Waals surface area contributed by atoms with Gasteiger partial charge in [0.25, 0.3) is 0 Å². The van der Waals surface area contributed by atoms with Crippen molar-refractivity contribution >= 4 is 23.3 Å². The monoisotopic (exact) mass is 286 g/mol. The van der Waals surface area contributed by atoms with Crippen LogP contribution in [0.25, 0.3) is 0 Å². The molecule has 0 saturated heterocycles. The van der Waals surface area contributed by atoms with E-state index >= 15 is 0 Å². The third-order valence-corrected chi connectivity index (χ3v) is 3.01. The van der Waals surface area contributed by atoms with Gasteiger partial charge in [0.15, 0.2) is 0 Å². The van der Waals surface area contributed by atoms with Crippen LogP contribution in [0.15, 0.2) is 42.7 Å². The lowest BCUT2D eigenvalue weighted by molar-refractivity contribution is -0.137. The van der Waals surface area contributed by atoms with Crippen LogP contribution in [0.1, 0.15) is 12.8 Å². The van der Waals surface area contributed by atoms with E-state index < -0.39 is 5.97 Å². The van der Waals surface area contributed by atoms with Crippen molar-refractivity contribution in [2.45, 2.75) is 12.8 Å². The van der Waals surface area contributed by atoms with Crippen LogP contribution in [0.3, 0.4) is 0 Å². The highest BCUT2D eigenvalue weighted by Gasteiger charge is 2.06. The molecule has 6 nitrogen and oxygen atoms in total. The molecule has 0 aliphatic rings. The summed E-state index contributed by atoms with van der Waals surface area (Å²) in [6.45, 7) is 0.567. The standard InChI is InChI=1S/C15H18N4O2/c1-19(12-6-3-2-4-7-12)14-10-13(17-11-18-14)16-9-5-8-15(20)21/h2-4,6-7,10-11H,5,8-9H2,1H3,(H,20,21)(H,16,17,18). The molecule has 0 atom stereocenters. The molecule has 0 radical (unpaired) electrons. The van der Waals surface area contributed by atoms with E-state index in [9.17, 15) is 4.79 Å². The second-order valence-electron chi connectivity index (χ2n) is 4.58. The number of hydrogen-bond donors (Lipinski definition) is 2. The first kappa shape index (κ1) is 14.8. The van der Waals surface area contributed by atoms with Crippen molar-refractivity contribution in [1.29, 1.82) is 0 Å². The van der Waals surface area contributed by atoms with Gasteiger partial charge >= 0.3 is 5.97 Å². The predicted octanol–water partition coefficient (Wildman–Crippen LogP) is 2.52. The third kappa shape index (κ3) is 4.45. The van der Waals surface area contributed by atoms with Gasteiger partial charge < -0.3 is 15.3 Å². The van der Waals surface area contributed by atoms with Gasteiger partial charge in [-0.1, -0.05) is 18.2 Å². The number of carboxylic acids is 1. The maximum Gasteiger partial charge on any atom is 0.303 e. The van der Waals surface area contributed by atoms with Crippen LogP contribution in [0, 0.1) is 0 Å². The minimum absolute atomic E-state index is 0.148. The smallest absolute Gasteiger partial charge is 0.303 e. The summed E-state index contributed by atoms with van der Waals surface area (Å²) in [7, 11) is 1.94. The van der Waals surface area contributed by atoms with Gasteiger partial charge in [-0.05, 0) is 18.6 Å². The number of carbonyl (C=O) groups is 1. The van der Waals surface area contributed by atoms with Crippen LogP contribution in [0.2, 0.25) is 0 Å². The lowest BCUT2D eigenvalue weighted by atomic mass is 10.3. The molecule has 6 heteroatoms. The average Bonchev–Trinajstić information content (AvgIpc) is 2.52. The van der Waals surface area contributed by atoms with Crippen LogP contribution in [0.5, 0.6) is 0 Å². The molecular weight excluding hydrogens is 268 g/mol. The third-order valence-electron chi connectivity index (χ3n) is 3.01. The van der Waals surface area contributed by atoms with E-state index in [4.69, 9.17) is 5.11 Å². The Morgan fingerprint density at radius 1 is 1.29 bits per heavy atom. The molecule has 0 bridgehead atoms. The van der Waals surface area contributed by atoms with Gasteiger partial charge in [0.1, 0.15) is 18.0 Å². The van der Waals surface area contributed by atoms with Crippen molar-refractivity contribution in [2.75, 3.05) is 23.8 Å². The van der Waals surface area contributed by atoms with Crippen LogP contribution < -0.4 is 10.2 Å². The highest BCUT2D eigenvalue weighted by Crippen LogP contribution is 2.22. The molecule has 0 spiro atoms. The van der Waals surface area contributed by atoms with Gasteiger partial charge in [-0.25, -0.2) is 9.97 Å². The fourth-order valence-corrected chi connectivity index (χ4v) is 1.87. The van der Waals surface area contributed by atoms with E-state index in [1.165, 1.54) is 6.33 Å². The van der Waals surface area contributed by atoms with Gasteiger partial charge in [0, 0.05) is 31.8 Å². The van der Waals surface area contributed by atoms with Crippen molar-refractivity contribution in [3.8, 4) is 0 Å². The zero-order valence-corrected chi connectivity index (χ0v) is 11.9. The number of rotatable bonds is 7. The van der Waals surface area contributed by atoms with E-state index in [1.54, 1.807) is 0 Å². The topological polar surface area (TPSA) is 78.4 Å². The van der Waals surface area contributed by atoms with Crippen LogP contribution in [-0.2, 0) is 4.79 Å². The molecule has 0 unspecified atom stereocenters. The van der Waals surface area contributed by atoms with Gasteiger partial charge in [0.05, 0.1) is 0 Å². The molecule has 2 aromatic rings. The lowest BCUT2D eigenvalue weighted by Crippen LogP contribution is -2.12. The maximum absolute atomic E-state index is 10.5. The van der Waals surface area contributed by atoms with Crippen molar-refractivity contribution in [1.82, 2.24) is 9.97 Å². The molecule has 0 saturated carbocycles. The van der Waals surface area contributed by atoms with Crippen LogP contribution >= 0.6 is 0 Å². The summed E-state index contributed by atoms with van der Waals surface area (Å²) in [5, 5.41) is 11.7. The molecular formula is C15H18N4O2. The summed E-state index contributed by atoms with van der Waals surface area (Å²) in [5.74, 6) is 0.675. The van der Waals surface area contributed by atoms with Gasteiger partial charge in [-0.15, -0.1) is 0 Å². The number of nitrogens with zero attached hydrogens (tertiary/aromatic N) is 3.